The van der Waals surface area contributed by atoms with Crippen molar-refractivity contribution in [1.82, 2.24) is 9.55 Å². The van der Waals surface area contributed by atoms with Crippen molar-refractivity contribution >= 4 is 16.8 Å². The van der Waals surface area contributed by atoms with E-state index in [9.17, 15) is 9.90 Å². The van der Waals surface area contributed by atoms with Gasteiger partial charge in [0.05, 0.1) is 28.5 Å². The predicted molar refractivity (Wildman–Crippen MR) is 103 cm³/mol. The molecule has 1 aliphatic heterocycles. The van der Waals surface area contributed by atoms with Crippen molar-refractivity contribution in [2.45, 2.75) is 12.8 Å². The lowest BCUT2D eigenvalue weighted by molar-refractivity contribution is 0.390. The third kappa shape index (κ3) is 2.15. The standard InChI is InChI=1S/C22H16N2O2/c25-15-10-11-18-19(12-15)24(14-6-2-1-3-7-14)20-13-21(26)16-8-4-5-9-17(16)22(20)23-18/h1-9,12-13,25H,10-11H2. The van der Waals surface area contributed by atoms with E-state index in [0.29, 0.717) is 24.0 Å². The molecule has 2 aromatic carbocycles. The van der Waals surface area contributed by atoms with Gasteiger partial charge in [-0.1, -0.05) is 42.5 Å². The average Bonchev–Trinajstić information content (AvgIpc) is 2.68. The van der Waals surface area contributed by atoms with Crippen LogP contribution in [0.15, 0.2) is 71.2 Å². The Bertz CT molecular complexity index is 1210. The second kappa shape index (κ2) is 5.56. The minimum atomic E-state index is -0.0245. The van der Waals surface area contributed by atoms with Gasteiger partial charge in [0.25, 0.3) is 0 Å². The number of allylic oxidation sites excluding steroid dienone is 1. The van der Waals surface area contributed by atoms with Gasteiger partial charge in [-0.25, -0.2) is 4.98 Å². The highest BCUT2D eigenvalue weighted by Gasteiger charge is 2.23. The second-order valence-electron chi connectivity index (χ2n) is 6.54. The summed E-state index contributed by atoms with van der Waals surface area (Å²) in [5.41, 5.74) is 4.26. The molecule has 3 aliphatic rings. The maximum Gasteiger partial charge on any atom is 0.188 e. The number of benzene rings is 3. The van der Waals surface area contributed by atoms with Gasteiger partial charge in [-0.2, -0.15) is 0 Å². The fourth-order valence-electron chi connectivity index (χ4n) is 3.72. The number of rotatable bonds is 1. The van der Waals surface area contributed by atoms with Gasteiger partial charge in [0.2, 0.25) is 0 Å². The summed E-state index contributed by atoms with van der Waals surface area (Å²) >= 11 is 0. The number of para-hydroxylation sites is 1. The van der Waals surface area contributed by atoms with Crippen LogP contribution in [0.25, 0.3) is 33.9 Å². The highest BCUT2D eigenvalue weighted by molar-refractivity contribution is 5.96. The average molecular weight is 340 g/mol. The van der Waals surface area contributed by atoms with Crippen LogP contribution in [0, 0.1) is 0 Å². The van der Waals surface area contributed by atoms with E-state index < -0.39 is 0 Å². The van der Waals surface area contributed by atoms with E-state index in [1.165, 1.54) is 0 Å². The van der Waals surface area contributed by atoms with Gasteiger partial charge < -0.3 is 9.67 Å². The van der Waals surface area contributed by atoms with Crippen LogP contribution in [-0.4, -0.2) is 14.7 Å². The molecule has 0 bridgehead atoms. The van der Waals surface area contributed by atoms with E-state index in [1.54, 1.807) is 12.1 Å². The second-order valence-corrected chi connectivity index (χ2v) is 6.54. The molecule has 5 rings (SSSR count). The Labute approximate surface area is 150 Å². The summed E-state index contributed by atoms with van der Waals surface area (Å²) < 4.78 is 2.03. The minimum absolute atomic E-state index is 0.0245. The third-order valence-electron chi connectivity index (χ3n) is 4.92. The third-order valence-corrected chi connectivity index (χ3v) is 4.92. The lowest BCUT2D eigenvalue weighted by atomic mass is 9.99. The van der Waals surface area contributed by atoms with Crippen LogP contribution in [0.4, 0.5) is 0 Å². The first-order valence-corrected chi connectivity index (χ1v) is 8.65. The molecule has 4 nitrogen and oxygen atoms in total. The molecule has 126 valence electrons. The van der Waals surface area contributed by atoms with Crippen molar-refractivity contribution in [2.24, 2.45) is 0 Å². The molecular formula is C22H16N2O2. The first kappa shape index (κ1) is 14.9. The number of aromatic nitrogens is 2. The minimum Gasteiger partial charge on any atom is -0.512 e. The molecule has 0 fully saturated rings. The molecule has 1 N–H and O–H groups in total. The Balaban J connectivity index is 2.00. The predicted octanol–water partition coefficient (Wildman–Crippen LogP) is 4.34. The highest BCUT2D eigenvalue weighted by Crippen LogP contribution is 2.34. The molecule has 0 unspecified atom stereocenters. The molecule has 1 heterocycles. The van der Waals surface area contributed by atoms with Gasteiger partial charge in [0.15, 0.2) is 5.43 Å². The highest BCUT2D eigenvalue weighted by atomic mass is 16.3. The molecule has 0 spiro atoms. The zero-order valence-electron chi connectivity index (χ0n) is 14.0. The topological polar surface area (TPSA) is 55.1 Å². The van der Waals surface area contributed by atoms with Crippen molar-refractivity contribution in [3.8, 4) is 17.1 Å². The molecule has 26 heavy (non-hydrogen) atoms. The number of aryl methyl sites for hydroxylation is 1. The summed E-state index contributed by atoms with van der Waals surface area (Å²) in [6, 6.07) is 19.1. The van der Waals surface area contributed by atoms with Crippen LogP contribution < -0.4 is 5.43 Å². The zero-order valence-corrected chi connectivity index (χ0v) is 14.0. The van der Waals surface area contributed by atoms with Gasteiger partial charge in [0, 0.05) is 35.0 Å². The fraction of sp³-hybridized carbons (Fsp3) is 0.0909. The van der Waals surface area contributed by atoms with Crippen molar-refractivity contribution in [3.05, 3.63) is 88.0 Å². The van der Waals surface area contributed by atoms with Crippen molar-refractivity contribution < 1.29 is 5.11 Å². The Hall–Kier alpha value is -3.40. The first-order chi connectivity index (χ1) is 12.7. The maximum absolute atomic E-state index is 12.7. The largest absolute Gasteiger partial charge is 0.512 e. The van der Waals surface area contributed by atoms with Crippen LogP contribution >= 0.6 is 0 Å². The Morgan fingerprint density at radius 2 is 1.65 bits per heavy atom. The summed E-state index contributed by atoms with van der Waals surface area (Å²) in [5.74, 6) is 0.339. The van der Waals surface area contributed by atoms with E-state index in [-0.39, 0.29) is 5.43 Å². The van der Waals surface area contributed by atoms with Gasteiger partial charge >= 0.3 is 0 Å². The Kier molecular flexibility index (Phi) is 3.19. The molecule has 2 aromatic rings. The van der Waals surface area contributed by atoms with Crippen molar-refractivity contribution in [3.63, 3.8) is 0 Å². The lowest BCUT2D eigenvalue weighted by Gasteiger charge is -2.24. The molecule has 4 heteroatoms. The number of hydrogen-bond donors (Lipinski definition) is 1. The van der Waals surface area contributed by atoms with E-state index in [0.717, 1.165) is 33.8 Å². The van der Waals surface area contributed by atoms with Crippen LogP contribution in [0.5, 0.6) is 0 Å². The summed E-state index contributed by atoms with van der Waals surface area (Å²) in [6.07, 6.45) is 3.02. The SMILES string of the molecule is O=c1cc2n(-c3ccccc3)c3c(nc-2c2ccccc12)CCC(O)=C3. The van der Waals surface area contributed by atoms with Gasteiger partial charge in [-0.3, -0.25) is 4.79 Å². The number of fused-ring (bicyclic) bond motifs is 4. The van der Waals surface area contributed by atoms with E-state index >= 15 is 0 Å². The number of nitrogens with zero attached hydrogens (tertiary/aromatic N) is 2. The Morgan fingerprint density at radius 3 is 2.46 bits per heavy atom. The molecule has 0 radical (unpaired) electrons. The van der Waals surface area contributed by atoms with Crippen molar-refractivity contribution in [2.75, 3.05) is 0 Å². The number of aliphatic hydroxyl groups is 1. The van der Waals surface area contributed by atoms with Gasteiger partial charge in [-0.15, -0.1) is 0 Å². The van der Waals surface area contributed by atoms with E-state index in [2.05, 4.69) is 0 Å². The summed E-state index contributed by atoms with van der Waals surface area (Å²) in [5, 5.41) is 11.6. The molecule has 0 atom stereocenters. The summed E-state index contributed by atoms with van der Waals surface area (Å²) in [4.78, 5) is 17.6. The normalized spacial score (nSPS) is 13.6. The molecular weight excluding hydrogens is 324 g/mol. The number of aliphatic hydroxyl groups excluding tert-OH is 1. The van der Waals surface area contributed by atoms with Gasteiger partial charge in [-0.05, 0) is 18.6 Å². The zero-order chi connectivity index (χ0) is 17.7. The van der Waals surface area contributed by atoms with Crippen molar-refractivity contribution in [1.29, 1.82) is 0 Å². The monoisotopic (exact) mass is 340 g/mol. The van der Waals surface area contributed by atoms with Crippen LogP contribution in [-0.2, 0) is 6.42 Å². The first-order valence-electron chi connectivity index (χ1n) is 8.65. The Morgan fingerprint density at radius 1 is 0.923 bits per heavy atom. The quantitative estimate of drug-likeness (QED) is 0.525. The van der Waals surface area contributed by atoms with Crippen LogP contribution in [0.3, 0.4) is 0 Å². The smallest absolute Gasteiger partial charge is 0.188 e. The molecule has 0 saturated heterocycles. The van der Waals surface area contributed by atoms with E-state index in [4.69, 9.17) is 4.98 Å². The fourth-order valence-corrected chi connectivity index (χ4v) is 3.72. The van der Waals surface area contributed by atoms with Crippen LogP contribution in [0.2, 0.25) is 0 Å². The summed E-state index contributed by atoms with van der Waals surface area (Å²) in [7, 11) is 0. The lowest BCUT2D eigenvalue weighted by Crippen LogP contribution is -2.17. The van der Waals surface area contributed by atoms with Crippen LogP contribution in [0.1, 0.15) is 17.8 Å². The molecule has 2 aliphatic carbocycles. The maximum atomic E-state index is 12.7. The van der Waals surface area contributed by atoms with Gasteiger partial charge in [0.1, 0.15) is 0 Å². The molecule has 0 amide bonds. The molecule has 0 saturated carbocycles. The van der Waals surface area contributed by atoms with E-state index in [1.807, 2.05) is 59.2 Å². The summed E-state index contributed by atoms with van der Waals surface area (Å²) in [6.45, 7) is 0. The number of hydrogen-bond acceptors (Lipinski definition) is 3. The molecule has 0 aromatic heterocycles.